The Morgan fingerprint density at radius 1 is 1.03 bits per heavy atom. The number of aromatic nitrogens is 1. The number of para-hydroxylation sites is 2. The number of piperidine rings is 1. The maximum atomic E-state index is 13.5. The Morgan fingerprint density at radius 3 is 2.56 bits per heavy atom. The predicted molar refractivity (Wildman–Crippen MR) is 125 cm³/mol. The van der Waals surface area contributed by atoms with Gasteiger partial charge in [0.05, 0.1) is 12.2 Å². The van der Waals surface area contributed by atoms with Crippen LogP contribution in [0.15, 0.2) is 53.9 Å². The average molecular weight is 448 g/mol. The molecule has 3 heterocycles. The van der Waals surface area contributed by atoms with E-state index in [4.69, 9.17) is 4.74 Å². The quantitative estimate of drug-likeness (QED) is 0.591. The van der Waals surface area contributed by atoms with E-state index in [1.54, 1.807) is 10.3 Å². The number of hydrogen-bond acceptors (Lipinski definition) is 5. The third-order valence-corrected chi connectivity index (χ3v) is 6.88. The van der Waals surface area contributed by atoms with Crippen LogP contribution in [0.1, 0.15) is 35.3 Å². The molecule has 1 fully saturated rings. The van der Waals surface area contributed by atoms with Crippen LogP contribution in [0.25, 0.3) is 10.6 Å². The third-order valence-electron chi connectivity index (χ3n) is 5.98. The van der Waals surface area contributed by atoms with Crippen LogP contribution in [0, 0.1) is 6.92 Å². The van der Waals surface area contributed by atoms with Crippen molar-refractivity contribution in [3.8, 4) is 16.3 Å². The number of hydrogen-bond donors (Lipinski definition) is 0. The molecule has 1 saturated heterocycles. The van der Waals surface area contributed by atoms with Gasteiger partial charge in [0.2, 0.25) is 0 Å². The number of benzene rings is 2. The van der Waals surface area contributed by atoms with Crippen molar-refractivity contribution in [2.45, 2.75) is 32.3 Å². The van der Waals surface area contributed by atoms with Gasteiger partial charge < -0.3 is 9.64 Å². The SMILES string of the molecule is Cc1ccc(-c2nc(C(=O)N3C[C@H](C(=O)N4CCCCC4)Oc4ccccc43)cs2)cc1. The van der Waals surface area contributed by atoms with Gasteiger partial charge in [0.25, 0.3) is 11.8 Å². The van der Waals surface area contributed by atoms with Crippen molar-refractivity contribution >= 4 is 28.8 Å². The Morgan fingerprint density at radius 2 is 1.78 bits per heavy atom. The van der Waals surface area contributed by atoms with Crippen molar-refractivity contribution < 1.29 is 14.3 Å². The highest BCUT2D eigenvalue weighted by molar-refractivity contribution is 7.13. The molecule has 7 heteroatoms. The molecule has 0 aliphatic carbocycles. The number of aryl methyl sites for hydroxylation is 1. The minimum absolute atomic E-state index is 0.0457. The van der Waals surface area contributed by atoms with Crippen LogP contribution < -0.4 is 9.64 Å². The number of amides is 2. The Balaban J connectivity index is 1.42. The largest absolute Gasteiger partial charge is 0.476 e. The molecule has 0 unspecified atom stereocenters. The first kappa shape index (κ1) is 20.7. The number of carbonyl (C=O) groups excluding carboxylic acids is 2. The number of fused-ring (bicyclic) bond motifs is 1. The number of carbonyl (C=O) groups is 2. The summed E-state index contributed by atoms with van der Waals surface area (Å²) in [6.45, 7) is 3.72. The number of thiazole rings is 1. The van der Waals surface area contributed by atoms with E-state index >= 15 is 0 Å². The number of rotatable bonds is 3. The van der Waals surface area contributed by atoms with Crippen LogP contribution in [-0.2, 0) is 4.79 Å². The fourth-order valence-electron chi connectivity index (χ4n) is 4.21. The van der Waals surface area contributed by atoms with Crippen LogP contribution >= 0.6 is 11.3 Å². The lowest BCUT2D eigenvalue weighted by atomic mass is 10.1. The first-order chi connectivity index (χ1) is 15.6. The van der Waals surface area contributed by atoms with Gasteiger partial charge in [-0.05, 0) is 38.3 Å². The molecule has 1 aromatic heterocycles. The smallest absolute Gasteiger partial charge is 0.278 e. The third kappa shape index (κ3) is 4.00. The maximum absolute atomic E-state index is 13.5. The van der Waals surface area contributed by atoms with Gasteiger partial charge in [-0.1, -0.05) is 42.0 Å². The molecule has 3 aromatic rings. The van der Waals surface area contributed by atoms with E-state index in [0.29, 0.717) is 17.1 Å². The minimum Gasteiger partial charge on any atom is -0.476 e. The summed E-state index contributed by atoms with van der Waals surface area (Å²) >= 11 is 1.45. The molecule has 2 amide bonds. The number of ether oxygens (including phenoxy) is 1. The van der Waals surface area contributed by atoms with Gasteiger partial charge in [-0.2, -0.15) is 0 Å². The molecule has 5 rings (SSSR count). The maximum Gasteiger partial charge on any atom is 0.278 e. The monoisotopic (exact) mass is 447 g/mol. The highest BCUT2D eigenvalue weighted by Crippen LogP contribution is 2.35. The van der Waals surface area contributed by atoms with Gasteiger partial charge in [0.1, 0.15) is 16.5 Å². The molecule has 2 aromatic carbocycles. The van der Waals surface area contributed by atoms with E-state index in [1.807, 2.05) is 60.4 Å². The van der Waals surface area contributed by atoms with Gasteiger partial charge >= 0.3 is 0 Å². The molecule has 0 N–H and O–H groups in total. The molecule has 0 saturated carbocycles. The molecule has 0 bridgehead atoms. The van der Waals surface area contributed by atoms with E-state index in [2.05, 4.69) is 4.98 Å². The minimum atomic E-state index is -0.706. The van der Waals surface area contributed by atoms with Crippen LogP contribution in [-0.4, -0.2) is 47.4 Å². The van der Waals surface area contributed by atoms with Crippen molar-refractivity contribution in [3.05, 3.63) is 65.2 Å². The summed E-state index contributed by atoms with van der Waals surface area (Å²) in [6, 6.07) is 15.5. The lowest BCUT2D eigenvalue weighted by molar-refractivity contribution is -0.139. The molecule has 0 spiro atoms. The lowest BCUT2D eigenvalue weighted by Crippen LogP contribution is -2.52. The number of anilines is 1. The predicted octanol–water partition coefficient (Wildman–Crippen LogP) is 4.54. The van der Waals surface area contributed by atoms with E-state index in [-0.39, 0.29) is 18.4 Å². The highest BCUT2D eigenvalue weighted by Gasteiger charge is 2.37. The molecule has 32 heavy (non-hydrogen) atoms. The summed E-state index contributed by atoms with van der Waals surface area (Å²) in [6.07, 6.45) is 2.47. The highest BCUT2D eigenvalue weighted by atomic mass is 32.1. The van der Waals surface area contributed by atoms with Gasteiger partial charge in [-0.25, -0.2) is 4.98 Å². The van der Waals surface area contributed by atoms with E-state index in [0.717, 1.165) is 42.9 Å². The summed E-state index contributed by atoms with van der Waals surface area (Å²) in [4.78, 5) is 34.7. The van der Waals surface area contributed by atoms with Crippen molar-refractivity contribution in [3.63, 3.8) is 0 Å². The van der Waals surface area contributed by atoms with Crippen LogP contribution in [0.5, 0.6) is 5.75 Å². The van der Waals surface area contributed by atoms with Crippen molar-refractivity contribution in [2.24, 2.45) is 0 Å². The van der Waals surface area contributed by atoms with Crippen LogP contribution in [0.2, 0.25) is 0 Å². The fraction of sp³-hybridized carbons (Fsp3) is 0.320. The van der Waals surface area contributed by atoms with E-state index < -0.39 is 6.10 Å². The standard InChI is InChI=1S/C25H25N3O3S/c1-17-9-11-18(12-10-17)23-26-19(16-32-23)24(29)28-15-22(25(30)27-13-5-2-6-14-27)31-21-8-4-3-7-20(21)28/h3-4,7-12,16,22H,2,5-6,13-15H2,1H3/t22-/m1/s1. The van der Waals surface area contributed by atoms with Crippen molar-refractivity contribution in [1.82, 2.24) is 9.88 Å². The average Bonchev–Trinajstić information content (AvgIpc) is 3.34. The van der Waals surface area contributed by atoms with Crippen LogP contribution in [0.3, 0.4) is 0 Å². The van der Waals surface area contributed by atoms with Crippen molar-refractivity contribution in [2.75, 3.05) is 24.5 Å². The zero-order valence-corrected chi connectivity index (χ0v) is 18.8. The Kier molecular flexibility index (Phi) is 5.66. The molecule has 0 radical (unpaired) electrons. The van der Waals surface area contributed by atoms with E-state index in [1.165, 1.54) is 16.9 Å². The molecular weight excluding hydrogens is 422 g/mol. The molecule has 6 nitrogen and oxygen atoms in total. The topological polar surface area (TPSA) is 62.7 Å². The summed E-state index contributed by atoms with van der Waals surface area (Å²) in [5, 5.41) is 2.59. The van der Waals surface area contributed by atoms with Gasteiger partial charge in [0, 0.05) is 24.0 Å². The Labute approximate surface area is 191 Å². The van der Waals surface area contributed by atoms with Gasteiger partial charge in [-0.3, -0.25) is 14.5 Å². The summed E-state index contributed by atoms with van der Waals surface area (Å²) in [5.74, 6) is 0.291. The van der Waals surface area contributed by atoms with Crippen molar-refractivity contribution in [1.29, 1.82) is 0 Å². The molecule has 2 aliphatic rings. The zero-order valence-electron chi connectivity index (χ0n) is 18.0. The first-order valence-corrected chi connectivity index (χ1v) is 11.9. The summed E-state index contributed by atoms with van der Waals surface area (Å²) in [7, 11) is 0. The summed E-state index contributed by atoms with van der Waals surface area (Å²) in [5.41, 5.74) is 3.22. The van der Waals surface area contributed by atoms with Crippen LogP contribution in [0.4, 0.5) is 5.69 Å². The summed E-state index contributed by atoms with van der Waals surface area (Å²) < 4.78 is 6.05. The second-order valence-corrected chi connectivity index (χ2v) is 9.14. The second kappa shape index (κ2) is 8.74. The Bertz CT molecular complexity index is 1140. The number of nitrogens with zero attached hydrogens (tertiary/aromatic N) is 3. The zero-order chi connectivity index (χ0) is 22.1. The van der Waals surface area contributed by atoms with E-state index in [9.17, 15) is 9.59 Å². The first-order valence-electron chi connectivity index (χ1n) is 11.0. The molecular formula is C25H25N3O3S. The Hall–Kier alpha value is -3.19. The van der Waals surface area contributed by atoms with Gasteiger partial charge in [-0.15, -0.1) is 11.3 Å². The molecule has 164 valence electrons. The lowest BCUT2D eigenvalue weighted by Gasteiger charge is -2.37. The molecule has 2 aliphatic heterocycles. The van der Waals surface area contributed by atoms with Gasteiger partial charge in [0.15, 0.2) is 6.10 Å². The molecule has 1 atom stereocenters. The second-order valence-electron chi connectivity index (χ2n) is 8.28. The normalized spacial score (nSPS) is 18.1. The fourth-order valence-corrected chi connectivity index (χ4v) is 5.01. The number of likely N-dealkylation sites (tertiary alicyclic amines) is 1.